The highest BCUT2D eigenvalue weighted by atomic mass is 35.5. The SMILES string of the molecule is Cl.N=C(N)NC[C@H]1CC[C@H](C(=O)Oc2ccc(-c3ccc(F)cc3)cc2)CC1. The van der Waals surface area contributed by atoms with Crippen molar-refractivity contribution in [3.05, 3.63) is 54.3 Å². The van der Waals surface area contributed by atoms with E-state index in [1.54, 1.807) is 24.3 Å². The fourth-order valence-electron chi connectivity index (χ4n) is 3.41. The van der Waals surface area contributed by atoms with E-state index in [1.165, 1.54) is 12.1 Å². The molecule has 1 aliphatic carbocycles. The van der Waals surface area contributed by atoms with Gasteiger partial charge >= 0.3 is 5.97 Å². The zero-order valence-corrected chi connectivity index (χ0v) is 16.3. The molecule has 1 aliphatic rings. The van der Waals surface area contributed by atoms with Crippen LogP contribution in [-0.4, -0.2) is 18.5 Å². The van der Waals surface area contributed by atoms with Crippen LogP contribution in [0.2, 0.25) is 0 Å². The lowest BCUT2D eigenvalue weighted by atomic mass is 9.82. The lowest BCUT2D eigenvalue weighted by Gasteiger charge is -2.27. The van der Waals surface area contributed by atoms with Crippen molar-refractivity contribution in [3.63, 3.8) is 0 Å². The van der Waals surface area contributed by atoms with Crippen molar-refractivity contribution in [1.29, 1.82) is 5.41 Å². The van der Waals surface area contributed by atoms with Crippen LogP contribution in [0.25, 0.3) is 11.1 Å². The van der Waals surface area contributed by atoms with Gasteiger partial charge in [-0.2, -0.15) is 0 Å². The molecule has 0 amide bonds. The number of carbonyl (C=O) groups is 1. The average molecular weight is 406 g/mol. The second kappa shape index (κ2) is 10.1. The molecule has 0 radical (unpaired) electrons. The van der Waals surface area contributed by atoms with Crippen LogP contribution in [0.5, 0.6) is 5.75 Å². The van der Waals surface area contributed by atoms with Crippen molar-refractivity contribution in [2.45, 2.75) is 25.7 Å². The molecule has 3 rings (SSSR count). The van der Waals surface area contributed by atoms with Crippen molar-refractivity contribution < 1.29 is 13.9 Å². The number of esters is 1. The van der Waals surface area contributed by atoms with Gasteiger partial charge < -0.3 is 15.8 Å². The van der Waals surface area contributed by atoms with E-state index in [9.17, 15) is 9.18 Å². The highest BCUT2D eigenvalue weighted by Gasteiger charge is 2.27. The molecule has 2 aromatic rings. The molecule has 1 saturated carbocycles. The minimum absolute atomic E-state index is 0. The summed E-state index contributed by atoms with van der Waals surface area (Å²) in [5.41, 5.74) is 7.15. The van der Waals surface area contributed by atoms with Gasteiger partial charge in [0.25, 0.3) is 0 Å². The highest BCUT2D eigenvalue weighted by molar-refractivity contribution is 5.85. The van der Waals surface area contributed by atoms with Gasteiger partial charge in [-0.15, -0.1) is 12.4 Å². The Morgan fingerprint density at radius 2 is 1.57 bits per heavy atom. The fourth-order valence-corrected chi connectivity index (χ4v) is 3.41. The standard InChI is InChI=1S/C21H24FN3O2.ClH/c22-18-9-5-15(6-10-18)16-7-11-19(12-8-16)27-20(26)17-3-1-14(2-4-17)13-25-21(23)24;/h5-12,14,17H,1-4,13H2,(H4,23,24,25);1H/t14-,17-;. The molecule has 4 N–H and O–H groups in total. The van der Waals surface area contributed by atoms with E-state index in [4.69, 9.17) is 15.9 Å². The number of benzene rings is 2. The Kier molecular flexibility index (Phi) is 7.81. The molecule has 28 heavy (non-hydrogen) atoms. The van der Waals surface area contributed by atoms with Crippen molar-refractivity contribution >= 4 is 24.3 Å². The Balaban J connectivity index is 0.00000280. The highest BCUT2D eigenvalue weighted by Crippen LogP contribution is 2.30. The molecular formula is C21H25ClFN3O2. The predicted octanol–water partition coefficient (Wildman–Crippen LogP) is 4.11. The van der Waals surface area contributed by atoms with Gasteiger partial charge in [0.1, 0.15) is 11.6 Å². The Labute approximate surface area is 170 Å². The zero-order valence-electron chi connectivity index (χ0n) is 15.5. The minimum Gasteiger partial charge on any atom is -0.426 e. The zero-order chi connectivity index (χ0) is 19.2. The van der Waals surface area contributed by atoms with Crippen LogP contribution in [0.3, 0.4) is 0 Å². The molecule has 0 unspecified atom stereocenters. The lowest BCUT2D eigenvalue weighted by Crippen LogP contribution is -2.36. The first kappa shape index (κ1) is 21.7. The molecule has 0 aromatic heterocycles. The van der Waals surface area contributed by atoms with Gasteiger partial charge in [-0.1, -0.05) is 24.3 Å². The molecule has 0 bridgehead atoms. The second-order valence-electron chi connectivity index (χ2n) is 6.96. The van der Waals surface area contributed by atoms with Crippen molar-refractivity contribution in [3.8, 4) is 16.9 Å². The number of carbonyl (C=O) groups excluding carboxylic acids is 1. The second-order valence-corrected chi connectivity index (χ2v) is 6.96. The van der Waals surface area contributed by atoms with Crippen LogP contribution in [0.1, 0.15) is 25.7 Å². The van der Waals surface area contributed by atoms with Gasteiger partial charge in [-0.05, 0) is 67.0 Å². The minimum atomic E-state index is -0.268. The summed E-state index contributed by atoms with van der Waals surface area (Å²) in [5, 5.41) is 10.0. The molecule has 0 saturated heterocycles. The molecule has 2 aromatic carbocycles. The average Bonchev–Trinajstić information content (AvgIpc) is 2.68. The molecule has 0 atom stereocenters. The number of nitrogens with one attached hydrogen (secondary N) is 2. The number of rotatable bonds is 5. The maximum absolute atomic E-state index is 13.0. The third kappa shape index (κ3) is 5.96. The summed E-state index contributed by atoms with van der Waals surface area (Å²) in [4.78, 5) is 12.4. The Hall–Kier alpha value is -2.60. The Morgan fingerprint density at radius 1 is 1.04 bits per heavy atom. The maximum Gasteiger partial charge on any atom is 0.314 e. The third-order valence-corrected chi connectivity index (χ3v) is 5.01. The largest absolute Gasteiger partial charge is 0.426 e. The molecule has 0 heterocycles. The molecule has 5 nitrogen and oxygen atoms in total. The summed E-state index contributed by atoms with van der Waals surface area (Å²) < 4.78 is 18.5. The summed E-state index contributed by atoms with van der Waals surface area (Å²) >= 11 is 0. The van der Waals surface area contributed by atoms with Crippen LogP contribution in [0, 0.1) is 23.1 Å². The van der Waals surface area contributed by atoms with Gasteiger partial charge in [0.15, 0.2) is 5.96 Å². The number of nitrogens with two attached hydrogens (primary N) is 1. The van der Waals surface area contributed by atoms with Crippen LogP contribution in [0.4, 0.5) is 4.39 Å². The summed E-state index contributed by atoms with van der Waals surface area (Å²) in [6.45, 7) is 0.682. The van der Waals surface area contributed by atoms with Crippen molar-refractivity contribution in [2.24, 2.45) is 17.6 Å². The van der Waals surface area contributed by atoms with E-state index in [0.717, 1.165) is 36.8 Å². The van der Waals surface area contributed by atoms with Crippen molar-refractivity contribution in [1.82, 2.24) is 5.32 Å². The van der Waals surface area contributed by atoms with E-state index in [2.05, 4.69) is 5.32 Å². The van der Waals surface area contributed by atoms with E-state index in [1.807, 2.05) is 12.1 Å². The normalized spacial score (nSPS) is 18.6. The fraction of sp³-hybridized carbons (Fsp3) is 0.333. The first-order chi connectivity index (χ1) is 13.0. The Morgan fingerprint density at radius 3 is 2.11 bits per heavy atom. The summed E-state index contributed by atoms with van der Waals surface area (Å²) in [6, 6.07) is 13.5. The predicted molar refractivity (Wildman–Crippen MR) is 110 cm³/mol. The number of ether oxygens (including phenoxy) is 1. The molecule has 7 heteroatoms. The summed E-state index contributed by atoms with van der Waals surface area (Å²) in [7, 11) is 0. The number of guanidine groups is 1. The summed E-state index contributed by atoms with van der Waals surface area (Å²) in [5.74, 6) is 0.397. The van der Waals surface area contributed by atoms with E-state index >= 15 is 0 Å². The lowest BCUT2D eigenvalue weighted by molar-refractivity contribution is -0.140. The van der Waals surface area contributed by atoms with Gasteiger partial charge in [-0.3, -0.25) is 10.2 Å². The van der Waals surface area contributed by atoms with Gasteiger partial charge in [0.2, 0.25) is 0 Å². The van der Waals surface area contributed by atoms with Gasteiger partial charge in [0, 0.05) is 6.54 Å². The van der Waals surface area contributed by atoms with Crippen molar-refractivity contribution in [2.75, 3.05) is 6.54 Å². The van der Waals surface area contributed by atoms with E-state index in [0.29, 0.717) is 18.2 Å². The monoisotopic (exact) mass is 405 g/mol. The third-order valence-electron chi connectivity index (χ3n) is 5.01. The first-order valence-electron chi connectivity index (χ1n) is 9.17. The molecule has 1 fully saturated rings. The van der Waals surface area contributed by atoms with Crippen LogP contribution in [0.15, 0.2) is 48.5 Å². The van der Waals surface area contributed by atoms with Crippen LogP contribution < -0.4 is 15.8 Å². The molecule has 0 spiro atoms. The molecule has 150 valence electrons. The van der Waals surface area contributed by atoms with Crippen LogP contribution in [-0.2, 0) is 4.79 Å². The van der Waals surface area contributed by atoms with Gasteiger partial charge in [-0.25, -0.2) is 4.39 Å². The quantitative estimate of drug-likeness (QED) is 0.302. The number of hydrogen-bond acceptors (Lipinski definition) is 3. The molecule has 0 aliphatic heterocycles. The number of hydrogen-bond donors (Lipinski definition) is 3. The molecular weight excluding hydrogens is 381 g/mol. The Bertz CT molecular complexity index is 788. The topological polar surface area (TPSA) is 88.2 Å². The van der Waals surface area contributed by atoms with E-state index in [-0.39, 0.29) is 36.1 Å². The number of halogens is 2. The summed E-state index contributed by atoms with van der Waals surface area (Å²) in [6.07, 6.45) is 3.42. The van der Waals surface area contributed by atoms with E-state index < -0.39 is 0 Å². The maximum atomic E-state index is 13.0. The van der Waals surface area contributed by atoms with Gasteiger partial charge in [0.05, 0.1) is 5.92 Å². The van der Waals surface area contributed by atoms with Crippen LogP contribution >= 0.6 is 12.4 Å². The first-order valence-corrected chi connectivity index (χ1v) is 9.17. The smallest absolute Gasteiger partial charge is 0.314 e.